The summed E-state index contributed by atoms with van der Waals surface area (Å²) < 4.78 is 11.1. The van der Waals surface area contributed by atoms with Crippen LogP contribution in [0.5, 0.6) is 11.5 Å². The number of aromatic nitrogens is 2. The van der Waals surface area contributed by atoms with Crippen LogP contribution in [0.1, 0.15) is 44.5 Å². The first kappa shape index (κ1) is 32.0. The summed E-state index contributed by atoms with van der Waals surface area (Å²) in [5, 5.41) is 0. The first-order valence-electron chi connectivity index (χ1n) is 16.5. The highest BCUT2D eigenvalue weighted by Crippen LogP contribution is 2.40. The standard InChI is InChI=1S/C46H36N2O2/c1-49-41-21-17-37(18-22-41)45(38-19-23-42(50-2)24-20-38)43(33-9-5-3-6-10-33)35-13-15-36(16-14-35)44(34-11-7-4-8-12-34)46(39-25-29-47-30-26-39)40-27-31-48-32-28-40/h3-32H,1-2H3. The van der Waals surface area contributed by atoms with Crippen molar-refractivity contribution in [2.45, 2.75) is 0 Å². The Hall–Kier alpha value is -6.52. The van der Waals surface area contributed by atoms with Gasteiger partial charge in [-0.2, -0.15) is 0 Å². The highest BCUT2D eigenvalue weighted by Gasteiger charge is 2.19. The molecule has 2 heterocycles. The van der Waals surface area contributed by atoms with Crippen LogP contribution >= 0.6 is 0 Å². The van der Waals surface area contributed by atoms with E-state index in [-0.39, 0.29) is 0 Å². The van der Waals surface area contributed by atoms with Crippen molar-refractivity contribution in [2.75, 3.05) is 14.2 Å². The minimum Gasteiger partial charge on any atom is -0.497 e. The van der Waals surface area contributed by atoms with E-state index in [4.69, 9.17) is 9.47 Å². The highest BCUT2D eigenvalue weighted by molar-refractivity contribution is 6.06. The van der Waals surface area contributed by atoms with Crippen molar-refractivity contribution in [3.63, 3.8) is 0 Å². The quantitative estimate of drug-likeness (QED) is 0.138. The molecule has 0 spiro atoms. The van der Waals surface area contributed by atoms with Crippen molar-refractivity contribution in [2.24, 2.45) is 0 Å². The summed E-state index contributed by atoms with van der Waals surface area (Å²) in [4.78, 5) is 8.64. The summed E-state index contributed by atoms with van der Waals surface area (Å²) in [6.45, 7) is 0. The lowest BCUT2D eigenvalue weighted by Gasteiger charge is -2.20. The maximum absolute atomic E-state index is 5.53. The molecule has 0 aliphatic heterocycles. The van der Waals surface area contributed by atoms with Gasteiger partial charge in [0.25, 0.3) is 0 Å². The summed E-state index contributed by atoms with van der Waals surface area (Å²) in [5.74, 6) is 1.63. The van der Waals surface area contributed by atoms with E-state index in [1.54, 1.807) is 14.2 Å². The molecule has 2 aromatic heterocycles. The van der Waals surface area contributed by atoms with Crippen molar-refractivity contribution < 1.29 is 9.47 Å². The lowest BCUT2D eigenvalue weighted by Crippen LogP contribution is -2.00. The molecule has 7 aromatic rings. The van der Waals surface area contributed by atoms with Crippen LogP contribution in [0.4, 0.5) is 0 Å². The molecule has 7 rings (SSSR count). The molecule has 242 valence electrons. The monoisotopic (exact) mass is 648 g/mol. The Kier molecular flexibility index (Phi) is 9.70. The van der Waals surface area contributed by atoms with Crippen LogP contribution in [0, 0.1) is 0 Å². The van der Waals surface area contributed by atoms with E-state index in [0.717, 1.165) is 78.3 Å². The smallest absolute Gasteiger partial charge is 0.118 e. The first-order valence-corrected chi connectivity index (χ1v) is 16.5. The molecule has 4 heteroatoms. The van der Waals surface area contributed by atoms with Gasteiger partial charge in [0.1, 0.15) is 11.5 Å². The van der Waals surface area contributed by atoms with Gasteiger partial charge in [-0.3, -0.25) is 9.97 Å². The number of rotatable bonds is 10. The van der Waals surface area contributed by atoms with Gasteiger partial charge in [0.15, 0.2) is 0 Å². The minimum atomic E-state index is 0.813. The van der Waals surface area contributed by atoms with E-state index in [9.17, 15) is 0 Å². The molecule has 4 nitrogen and oxygen atoms in total. The van der Waals surface area contributed by atoms with Crippen LogP contribution in [0.2, 0.25) is 0 Å². The normalized spacial score (nSPS) is 10.6. The summed E-state index contributed by atoms with van der Waals surface area (Å²) in [6, 6.07) is 55.0. The Bertz CT molecular complexity index is 2120. The largest absolute Gasteiger partial charge is 0.497 e. The maximum atomic E-state index is 5.53. The third-order valence-electron chi connectivity index (χ3n) is 8.78. The molecule has 0 aliphatic carbocycles. The van der Waals surface area contributed by atoms with Gasteiger partial charge in [0, 0.05) is 24.8 Å². The second-order valence-electron chi connectivity index (χ2n) is 11.7. The summed E-state index contributed by atoms with van der Waals surface area (Å²) in [5.41, 5.74) is 13.3. The summed E-state index contributed by atoms with van der Waals surface area (Å²) >= 11 is 0. The van der Waals surface area contributed by atoms with E-state index >= 15 is 0 Å². The van der Waals surface area contributed by atoms with E-state index in [1.807, 2.05) is 49.1 Å². The molecule has 0 bridgehead atoms. The van der Waals surface area contributed by atoms with Gasteiger partial charge in [0.2, 0.25) is 0 Å². The van der Waals surface area contributed by atoms with Gasteiger partial charge in [-0.15, -0.1) is 0 Å². The van der Waals surface area contributed by atoms with E-state index in [1.165, 1.54) is 0 Å². The van der Waals surface area contributed by atoms with Gasteiger partial charge in [-0.25, -0.2) is 0 Å². The Morgan fingerprint density at radius 1 is 0.300 bits per heavy atom. The third-order valence-corrected chi connectivity index (χ3v) is 8.78. The molecular weight excluding hydrogens is 613 g/mol. The topological polar surface area (TPSA) is 44.2 Å². The molecule has 5 aromatic carbocycles. The Labute approximate surface area is 293 Å². The molecule has 0 radical (unpaired) electrons. The van der Waals surface area contributed by atoms with Crippen molar-refractivity contribution in [3.05, 3.63) is 227 Å². The SMILES string of the molecule is COc1ccc(C(=C(c2ccccc2)c2ccc(C(=C(c3ccncc3)c3ccncc3)c3ccccc3)cc2)c2ccc(OC)cc2)cc1. The Morgan fingerprint density at radius 2 is 0.540 bits per heavy atom. The fourth-order valence-corrected chi connectivity index (χ4v) is 6.39. The first-order chi connectivity index (χ1) is 24.7. The van der Waals surface area contributed by atoms with E-state index < -0.39 is 0 Å². The van der Waals surface area contributed by atoms with Gasteiger partial charge in [-0.1, -0.05) is 109 Å². The van der Waals surface area contributed by atoms with Crippen LogP contribution in [-0.2, 0) is 0 Å². The van der Waals surface area contributed by atoms with Crippen LogP contribution < -0.4 is 9.47 Å². The van der Waals surface area contributed by atoms with Crippen molar-refractivity contribution >= 4 is 22.3 Å². The molecule has 0 unspecified atom stereocenters. The number of hydrogen-bond acceptors (Lipinski definition) is 4. The second-order valence-corrected chi connectivity index (χ2v) is 11.7. The Morgan fingerprint density at radius 3 is 0.820 bits per heavy atom. The van der Waals surface area contributed by atoms with Gasteiger partial charge in [-0.05, 0) is 115 Å². The van der Waals surface area contributed by atoms with E-state index in [0.29, 0.717) is 0 Å². The predicted octanol–water partition coefficient (Wildman–Crippen LogP) is 10.5. The number of benzene rings is 5. The molecular formula is C46H36N2O2. The highest BCUT2D eigenvalue weighted by atomic mass is 16.5. The average molecular weight is 649 g/mol. The zero-order chi connectivity index (χ0) is 34.1. The van der Waals surface area contributed by atoms with Crippen molar-refractivity contribution in [1.82, 2.24) is 9.97 Å². The second kappa shape index (κ2) is 15.1. The lowest BCUT2D eigenvalue weighted by molar-refractivity contribution is 0.414. The molecule has 0 saturated heterocycles. The summed E-state index contributed by atoms with van der Waals surface area (Å²) in [7, 11) is 3.39. The molecule has 0 atom stereocenters. The number of nitrogens with zero attached hydrogens (tertiary/aromatic N) is 2. The van der Waals surface area contributed by atoms with Gasteiger partial charge < -0.3 is 9.47 Å². The van der Waals surface area contributed by atoms with Crippen LogP contribution in [0.25, 0.3) is 22.3 Å². The number of methoxy groups -OCH3 is 2. The van der Waals surface area contributed by atoms with E-state index in [2.05, 4.69) is 143 Å². The molecule has 0 saturated carbocycles. The fraction of sp³-hybridized carbons (Fsp3) is 0.0435. The number of ether oxygens (including phenoxy) is 2. The summed E-state index contributed by atoms with van der Waals surface area (Å²) in [6.07, 6.45) is 7.39. The maximum Gasteiger partial charge on any atom is 0.118 e. The molecule has 0 aliphatic rings. The van der Waals surface area contributed by atoms with Gasteiger partial charge >= 0.3 is 0 Å². The number of hydrogen-bond donors (Lipinski definition) is 0. The minimum absolute atomic E-state index is 0.813. The molecule has 0 fully saturated rings. The zero-order valence-corrected chi connectivity index (χ0v) is 28.0. The molecule has 0 amide bonds. The predicted molar refractivity (Wildman–Crippen MR) is 204 cm³/mol. The zero-order valence-electron chi connectivity index (χ0n) is 28.0. The van der Waals surface area contributed by atoms with Crippen molar-refractivity contribution in [3.8, 4) is 11.5 Å². The van der Waals surface area contributed by atoms with Crippen LogP contribution in [-0.4, -0.2) is 24.2 Å². The van der Waals surface area contributed by atoms with Crippen LogP contribution in [0.15, 0.2) is 183 Å². The molecule has 50 heavy (non-hydrogen) atoms. The van der Waals surface area contributed by atoms with Gasteiger partial charge in [0.05, 0.1) is 14.2 Å². The average Bonchev–Trinajstić information content (AvgIpc) is 3.20. The number of pyridine rings is 2. The third kappa shape index (κ3) is 6.87. The van der Waals surface area contributed by atoms with Crippen LogP contribution in [0.3, 0.4) is 0 Å². The fourth-order valence-electron chi connectivity index (χ4n) is 6.39. The molecule has 0 N–H and O–H groups in total. The van der Waals surface area contributed by atoms with Crippen molar-refractivity contribution in [1.29, 1.82) is 0 Å². The Balaban J connectivity index is 1.48. The lowest BCUT2D eigenvalue weighted by atomic mass is 9.83.